The van der Waals surface area contributed by atoms with Gasteiger partial charge in [0.2, 0.25) is 0 Å². The van der Waals surface area contributed by atoms with Gasteiger partial charge in [-0.2, -0.15) is 0 Å². The number of nitrogens with one attached hydrogen (secondary N) is 1. The van der Waals surface area contributed by atoms with E-state index in [0.717, 1.165) is 5.56 Å². The van der Waals surface area contributed by atoms with E-state index in [1.165, 1.54) is 18.2 Å². The molecule has 0 saturated heterocycles. The first-order chi connectivity index (χ1) is 11.4. The molecule has 0 amide bonds. The highest BCUT2D eigenvalue weighted by Gasteiger charge is 2.22. The Morgan fingerprint density at radius 3 is 2.16 bits per heavy atom. The van der Waals surface area contributed by atoms with Gasteiger partial charge in [-0.1, -0.05) is 39.0 Å². The van der Waals surface area contributed by atoms with Crippen LogP contribution >= 0.6 is 0 Å². The van der Waals surface area contributed by atoms with Gasteiger partial charge in [0.15, 0.2) is 0 Å². The van der Waals surface area contributed by atoms with Crippen LogP contribution in [0.1, 0.15) is 37.5 Å². The van der Waals surface area contributed by atoms with Crippen LogP contribution < -0.4 is 4.72 Å². The molecule has 0 atom stereocenters. The molecule has 0 aromatic heterocycles. The van der Waals surface area contributed by atoms with Crippen molar-refractivity contribution >= 4 is 21.4 Å². The van der Waals surface area contributed by atoms with Gasteiger partial charge in [0.05, 0.1) is 15.5 Å². The maximum atomic E-state index is 12.9. The number of hydrogen-bond donors (Lipinski definition) is 1. The van der Waals surface area contributed by atoms with Gasteiger partial charge in [-0.25, -0.2) is 8.42 Å². The summed E-state index contributed by atoms with van der Waals surface area (Å²) in [6.07, 6.45) is 0. The maximum absolute atomic E-state index is 12.9. The average Bonchev–Trinajstić information content (AvgIpc) is 2.48. The van der Waals surface area contributed by atoms with E-state index in [2.05, 4.69) is 4.72 Å². The summed E-state index contributed by atoms with van der Waals surface area (Å²) >= 11 is 0. The van der Waals surface area contributed by atoms with Crippen LogP contribution in [-0.4, -0.2) is 13.3 Å². The topological polar surface area (TPSA) is 89.3 Å². The maximum Gasteiger partial charge on any atom is 0.271 e. The molecular formula is C18H22N2O4S. The van der Waals surface area contributed by atoms with Crippen LogP contribution in [0.5, 0.6) is 0 Å². The molecule has 6 nitrogen and oxygen atoms in total. The third kappa shape index (κ3) is 4.17. The van der Waals surface area contributed by atoms with Crippen LogP contribution in [0.25, 0.3) is 0 Å². The number of benzene rings is 2. The normalized spacial score (nSPS) is 12.0. The van der Waals surface area contributed by atoms with Crippen LogP contribution in [0.15, 0.2) is 41.3 Å². The Labute approximate surface area is 148 Å². The molecule has 7 heteroatoms. The number of rotatable bonds is 4. The Morgan fingerprint density at radius 2 is 1.60 bits per heavy atom. The molecule has 2 aromatic rings. The first-order valence-electron chi connectivity index (χ1n) is 7.81. The summed E-state index contributed by atoms with van der Waals surface area (Å²) < 4.78 is 28.2. The molecule has 0 aliphatic carbocycles. The smallest absolute Gasteiger partial charge is 0.271 e. The van der Waals surface area contributed by atoms with Gasteiger partial charge in [-0.3, -0.25) is 14.8 Å². The zero-order chi connectivity index (χ0) is 19.0. The Hall–Kier alpha value is -2.41. The molecule has 134 valence electrons. The van der Waals surface area contributed by atoms with Gasteiger partial charge in [0.25, 0.3) is 15.7 Å². The Balaban J connectivity index is 2.51. The third-order valence-electron chi connectivity index (χ3n) is 4.02. The highest BCUT2D eigenvalue weighted by molar-refractivity contribution is 7.92. The molecule has 0 heterocycles. The lowest BCUT2D eigenvalue weighted by molar-refractivity contribution is -0.384. The lowest BCUT2D eigenvalue weighted by Crippen LogP contribution is -2.18. The number of sulfonamides is 1. The lowest BCUT2D eigenvalue weighted by atomic mass is 9.87. The molecule has 1 N–H and O–H groups in total. The van der Waals surface area contributed by atoms with Crippen molar-refractivity contribution in [1.82, 2.24) is 0 Å². The summed E-state index contributed by atoms with van der Waals surface area (Å²) in [6.45, 7) is 9.44. The highest BCUT2D eigenvalue weighted by Crippen LogP contribution is 2.29. The van der Waals surface area contributed by atoms with Crippen molar-refractivity contribution in [3.05, 3.63) is 63.2 Å². The molecule has 0 bridgehead atoms. The van der Waals surface area contributed by atoms with E-state index < -0.39 is 14.9 Å². The Morgan fingerprint density at radius 1 is 1.00 bits per heavy atom. The minimum absolute atomic E-state index is 0.163. The second-order valence-corrected chi connectivity index (χ2v) is 8.74. The van der Waals surface area contributed by atoms with Gasteiger partial charge in [0.1, 0.15) is 0 Å². The van der Waals surface area contributed by atoms with E-state index in [4.69, 9.17) is 0 Å². The van der Waals surface area contributed by atoms with Crippen molar-refractivity contribution in [1.29, 1.82) is 0 Å². The fraction of sp³-hybridized carbons (Fsp3) is 0.333. The molecular weight excluding hydrogens is 340 g/mol. The minimum Gasteiger partial charge on any atom is -0.279 e. The molecule has 25 heavy (non-hydrogen) atoms. The van der Waals surface area contributed by atoms with Crippen molar-refractivity contribution in [3.63, 3.8) is 0 Å². The molecule has 0 fully saturated rings. The quantitative estimate of drug-likeness (QED) is 0.648. The number of nitro groups is 1. The Kier molecular flexibility index (Phi) is 4.90. The van der Waals surface area contributed by atoms with Crippen LogP contribution in [0.3, 0.4) is 0 Å². The van der Waals surface area contributed by atoms with E-state index in [0.29, 0.717) is 11.1 Å². The van der Waals surface area contributed by atoms with Crippen molar-refractivity contribution in [2.24, 2.45) is 0 Å². The molecule has 0 saturated carbocycles. The number of nitrogens with zero attached hydrogens (tertiary/aromatic N) is 1. The number of nitro benzene ring substituents is 1. The first kappa shape index (κ1) is 18.9. The van der Waals surface area contributed by atoms with Crippen molar-refractivity contribution < 1.29 is 13.3 Å². The largest absolute Gasteiger partial charge is 0.279 e. The van der Waals surface area contributed by atoms with Crippen LogP contribution in [0.2, 0.25) is 0 Å². The van der Waals surface area contributed by atoms with Crippen molar-refractivity contribution in [2.75, 3.05) is 4.72 Å². The van der Waals surface area contributed by atoms with E-state index in [9.17, 15) is 18.5 Å². The van der Waals surface area contributed by atoms with Gasteiger partial charge in [-0.15, -0.1) is 0 Å². The number of non-ortho nitro benzene ring substituents is 1. The van der Waals surface area contributed by atoms with E-state index in [1.807, 2.05) is 26.8 Å². The zero-order valence-corrected chi connectivity index (χ0v) is 15.8. The number of aryl methyl sites for hydroxylation is 2. The molecule has 2 aromatic carbocycles. The second kappa shape index (κ2) is 6.48. The van der Waals surface area contributed by atoms with Crippen LogP contribution in [0, 0.1) is 24.0 Å². The number of hydrogen-bond acceptors (Lipinski definition) is 4. The fourth-order valence-corrected chi connectivity index (χ4v) is 3.78. The zero-order valence-electron chi connectivity index (χ0n) is 15.0. The molecule has 0 radical (unpaired) electrons. The summed E-state index contributed by atoms with van der Waals surface area (Å²) in [7, 11) is -3.86. The van der Waals surface area contributed by atoms with E-state index >= 15 is 0 Å². The molecule has 0 unspecified atom stereocenters. The highest BCUT2D eigenvalue weighted by atomic mass is 32.2. The SMILES string of the molecule is Cc1ccc([N+](=O)[O-])cc1NS(=O)(=O)c1cc(C(C)(C)C)ccc1C. The van der Waals surface area contributed by atoms with Gasteiger partial charge < -0.3 is 0 Å². The molecule has 0 spiro atoms. The average molecular weight is 362 g/mol. The first-order valence-corrected chi connectivity index (χ1v) is 9.29. The van der Waals surface area contributed by atoms with Crippen LogP contribution in [0.4, 0.5) is 11.4 Å². The Bertz CT molecular complexity index is 929. The second-order valence-electron chi connectivity index (χ2n) is 7.09. The predicted molar refractivity (Wildman–Crippen MR) is 98.5 cm³/mol. The molecule has 0 aliphatic heterocycles. The summed E-state index contributed by atoms with van der Waals surface area (Å²) in [5, 5.41) is 10.9. The third-order valence-corrected chi connectivity index (χ3v) is 5.53. The van der Waals surface area contributed by atoms with Gasteiger partial charge in [0, 0.05) is 12.1 Å². The standard InChI is InChI=1S/C18H22N2O4S/c1-12-7-9-15(20(21)22)11-16(12)19-25(23,24)17-10-14(18(3,4)5)8-6-13(17)2/h6-11,19H,1-5H3. The van der Waals surface area contributed by atoms with Gasteiger partial charge in [-0.05, 0) is 42.0 Å². The van der Waals surface area contributed by atoms with E-state index in [1.54, 1.807) is 26.0 Å². The van der Waals surface area contributed by atoms with Crippen LogP contribution in [-0.2, 0) is 15.4 Å². The minimum atomic E-state index is -3.86. The lowest BCUT2D eigenvalue weighted by Gasteiger charge is -2.21. The molecule has 2 rings (SSSR count). The monoisotopic (exact) mass is 362 g/mol. The predicted octanol–water partition coefficient (Wildman–Crippen LogP) is 4.31. The summed E-state index contributed by atoms with van der Waals surface area (Å²) in [4.78, 5) is 10.6. The number of anilines is 1. The van der Waals surface area contributed by atoms with Crippen molar-refractivity contribution in [3.8, 4) is 0 Å². The fourth-order valence-electron chi connectivity index (χ4n) is 2.39. The van der Waals surface area contributed by atoms with Crippen molar-refractivity contribution in [2.45, 2.75) is 44.9 Å². The summed E-state index contributed by atoms with van der Waals surface area (Å²) in [6, 6.07) is 9.44. The van der Waals surface area contributed by atoms with Gasteiger partial charge >= 0.3 is 0 Å². The summed E-state index contributed by atoms with van der Waals surface area (Å²) in [5.41, 5.74) is 1.97. The molecule has 0 aliphatic rings. The van der Waals surface area contributed by atoms with E-state index in [-0.39, 0.29) is 21.7 Å². The summed E-state index contributed by atoms with van der Waals surface area (Å²) in [5.74, 6) is 0.